The second-order valence-corrected chi connectivity index (χ2v) is 8.70. The second-order valence-electron chi connectivity index (χ2n) is 7.32. The van der Waals surface area contributed by atoms with Crippen molar-refractivity contribution in [1.29, 1.82) is 0 Å². The van der Waals surface area contributed by atoms with Gasteiger partial charge in [0.15, 0.2) is 16.7 Å². The first-order valence-corrected chi connectivity index (χ1v) is 11.3. The number of carbonyl (C=O) groups excluding carboxylic acids is 1. The Balaban J connectivity index is 1.75. The van der Waals surface area contributed by atoms with Gasteiger partial charge in [-0.1, -0.05) is 47.6 Å². The molecule has 0 bridgehead atoms. The second kappa shape index (κ2) is 9.26. The van der Waals surface area contributed by atoms with E-state index in [9.17, 15) is 9.59 Å². The molecule has 4 rings (SSSR count). The molecule has 0 spiro atoms. The van der Waals surface area contributed by atoms with Crippen LogP contribution in [0, 0.1) is 0 Å². The van der Waals surface area contributed by atoms with E-state index in [4.69, 9.17) is 21.1 Å². The molecule has 0 fully saturated rings. The Morgan fingerprint density at radius 1 is 1.16 bits per heavy atom. The molecule has 1 aromatic heterocycles. The highest BCUT2D eigenvalue weighted by molar-refractivity contribution is 7.98. The Kier molecular flexibility index (Phi) is 6.43. The van der Waals surface area contributed by atoms with Gasteiger partial charge in [0.25, 0.3) is 5.56 Å². The third-order valence-electron chi connectivity index (χ3n) is 5.39. The molecular weight excluding hydrogens is 450 g/mol. The third-order valence-corrected chi connectivity index (χ3v) is 6.74. The van der Waals surface area contributed by atoms with E-state index < -0.39 is 5.92 Å². The molecule has 9 heteroatoms. The van der Waals surface area contributed by atoms with Gasteiger partial charge in [-0.05, 0) is 23.8 Å². The number of amides is 1. The number of ether oxygens (including phenoxy) is 2. The van der Waals surface area contributed by atoms with Crippen molar-refractivity contribution in [3.8, 4) is 11.5 Å². The maximum absolute atomic E-state index is 13.2. The van der Waals surface area contributed by atoms with Gasteiger partial charge >= 0.3 is 0 Å². The SMILES string of the molecule is COc1cccc(C2CC(=O)Nc3c2c(=O)nc(SCc2ccc(Cl)cc2)n3C)c1OC. The number of rotatable bonds is 6. The van der Waals surface area contributed by atoms with Crippen molar-refractivity contribution in [2.45, 2.75) is 23.2 Å². The number of halogens is 1. The molecule has 2 aromatic carbocycles. The minimum Gasteiger partial charge on any atom is -0.493 e. The first kappa shape index (κ1) is 22.2. The number of aromatic nitrogens is 2. The molecule has 1 N–H and O–H groups in total. The summed E-state index contributed by atoms with van der Waals surface area (Å²) in [5.41, 5.74) is 1.83. The zero-order valence-corrected chi connectivity index (χ0v) is 19.4. The van der Waals surface area contributed by atoms with Crippen LogP contribution in [0.25, 0.3) is 0 Å². The Bertz CT molecular complexity index is 1230. The molecule has 1 unspecified atom stereocenters. The molecule has 3 aromatic rings. The highest BCUT2D eigenvalue weighted by Gasteiger charge is 2.34. The van der Waals surface area contributed by atoms with Crippen molar-refractivity contribution >= 4 is 35.1 Å². The summed E-state index contributed by atoms with van der Waals surface area (Å²) in [6, 6.07) is 12.9. The number of nitrogens with zero attached hydrogens (tertiary/aromatic N) is 2. The highest BCUT2D eigenvalue weighted by Crippen LogP contribution is 2.43. The molecule has 0 radical (unpaired) electrons. The number of para-hydroxylation sites is 1. The number of carbonyl (C=O) groups is 1. The summed E-state index contributed by atoms with van der Waals surface area (Å²) in [5.74, 6) is 1.43. The summed E-state index contributed by atoms with van der Waals surface area (Å²) in [7, 11) is 4.88. The fourth-order valence-electron chi connectivity index (χ4n) is 3.84. The maximum atomic E-state index is 13.2. The van der Waals surface area contributed by atoms with E-state index in [2.05, 4.69) is 10.3 Å². The number of nitrogens with one attached hydrogen (secondary N) is 1. The summed E-state index contributed by atoms with van der Waals surface area (Å²) >= 11 is 7.37. The predicted octanol–water partition coefficient (Wildman–Crippen LogP) is 4.22. The van der Waals surface area contributed by atoms with Crippen molar-refractivity contribution < 1.29 is 14.3 Å². The minimum atomic E-state index is -0.495. The normalized spacial score (nSPS) is 15.1. The lowest BCUT2D eigenvalue weighted by Crippen LogP contribution is -2.33. The maximum Gasteiger partial charge on any atom is 0.279 e. The van der Waals surface area contributed by atoms with E-state index in [1.165, 1.54) is 18.9 Å². The average molecular weight is 472 g/mol. The molecule has 1 aliphatic heterocycles. The summed E-state index contributed by atoms with van der Waals surface area (Å²) < 4.78 is 12.7. The Morgan fingerprint density at radius 2 is 1.91 bits per heavy atom. The van der Waals surface area contributed by atoms with E-state index in [1.54, 1.807) is 24.8 Å². The van der Waals surface area contributed by atoms with Gasteiger partial charge < -0.3 is 19.4 Å². The highest BCUT2D eigenvalue weighted by atomic mass is 35.5. The topological polar surface area (TPSA) is 82.5 Å². The van der Waals surface area contributed by atoms with Crippen LogP contribution in [-0.4, -0.2) is 29.7 Å². The van der Waals surface area contributed by atoms with Crippen LogP contribution in [-0.2, 0) is 17.6 Å². The van der Waals surface area contributed by atoms with Gasteiger partial charge in [0.2, 0.25) is 5.91 Å². The Labute approximate surface area is 194 Å². The van der Waals surface area contributed by atoms with Gasteiger partial charge in [0.05, 0.1) is 19.8 Å². The molecule has 32 heavy (non-hydrogen) atoms. The molecule has 1 atom stereocenters. The summed E-state index contributed by atoms with van der Waals surface area (Å²) in [4.78, 5) is 30.1. The Morgan fingerprint density at radius 3 is 2.59 bits per heavy atom. The van der Waals surface area contributed by atoms with Crippen molar-refractivity contribution in [3.63, 3.8) is 0 Å². The van der Waals surface area contributed by atoms with Crippen LogP contribution in [0.2, 0.25) is 5.02 Å². The summed E-state index contributed by atoms with van der Waals surface area (Å²) in [6.07, 6.45) is 0.116. The average Bonchev–Trinajstić information content (AvgIpc) is 2.80. The lowest BCUT2D eigenvalue weighted by molar-refractivity contribution is -0.116. The van der Waals surface area contributed by atoms with Crippen LogP contribution in [0.15, 0.2) is 52.4 Å². The van der Waals surface area contributed by atoms with Crippen LogP contribution in [0.1, 0.15) is 29.0 Å². The monoisotopic (exact) mass is 471 g/mol. The zero-order chi connectivity index (χ0) is 22.8. The number of benzene rings is 2. The number of thioether (sulfide) groups is 1. The first-order chi connectivity index (χ1) is 15.4. The van der Waals surface area contributed by atoms with Gasteiger partial charge in [-0.25, -0.2) is 0 Å². The van der Waals surface area contributed by atoms with Crippen molar-refractivity contribution in [1.82, 2.24) is 9.55 Å². The van der Waals surface area contributed by atoms with Gasteiger partial charge in [0, 0.05) is 35.7 Å². The first-order valence-electron chi connectivity index (χ1n) is 9.91. The van der Waals surface area contributed by atoms with Gasteiger partial charge in [-0.2, -0.15) is 4.98 Å². The molecule has 1 amide bonds. The van der Waals surface area contributed by atoms with E-state index >= 15 is 0 Å². The predicted molar refractivity (Wildman–Crippen MR) is 125 cm³/mol. The number of fused-ring (bicyclic) bond motifs is 1. The molecular formula is C23H22ClN3O4S. The lowest BCUT2D eigenvalue weighted by Gasteiger charge is -2.28. The molecule has 7 nitrogen and oxygen atoms in total. The number of hydrogen-bond acceptors (Lipinski definition) is 6. The largest absolute Gasteiger partial charge is 0.493 e. The smallest absolute Gasteiger partial charge is 0.279 e. The van der Waals surface area contributed by atoms with Crippen molar-refractivity contribution in [3.05, 3.63) is 74.5 Å². The van der Waals surface area contributed by atoms with Crippen LogP contribution in [0.4, 0.5) is 5.82 Å². The van der Waals surface area contributed by atoms with Crippen LogP contribution < -0.4 is 20.3 Å². The van der Waals surface area contributed by atoms with Gasteiger partial charge in [-0.15, -0.1) is 0 Å². The summed E-state index contributed by atoms with van der Waals surface area (Å²) in [5, 5.41) is 4.04. The fraction of sp³-hybridized carbons (Fsp3) is 0.261. The molecule has 0 saturated heterocycles. The molecule has 2 heterocycles. The number of methoxy groups -OCH3 is 2. The lowest BCUT2D eigenvalue weighted by atomic mass is 9.86. The van der Waals surface area contributed by atoms with Crippen molar-refractivity contribution in [2.75, 3.05) is 19.5 Å². The standard InChI is InChI=1S/C23H22ClN3O4S/c1-27-21-19(22(29)26-23(27)32-12-13-7-9-14(24)10-8-13)16(11-18(28)25-21)15-5-4-6-17(30-2)20(15)31-3/h4-10,16H,11-12H2,1-3H3,(H,25,28). The van der Waals surface area contributed by atoms with E-state index in [0.717, 1.165) is 5.56 Å². The Hall–Kier alpha value is -2.97. The molecule has 166 valence electrons. The number of hydrogen-bond donors (Lipinski definition) is 1. The molecule has 0 saturated carbocycles. The van der Waals surface area contributed by atoms with Gasteiger partial charge in [-0.3, -0.25) is 9.59 Å². The van der Waals surface area contributed by atoms with Gasteiger partial charge in [0.1, 0.15) is 5.82 Å². The third kappa shape index (κ3) is 4.20. The molecule has 1 aliphatic rings. The molecule has 0 aliphatic carbocycles. The van der Waals surface area contributed by atoms with Crippen LogP contribution in [0.3, 0.4) is 0 Å². The van der Waals surface area contributed by atoms with E-state index in [0.29, 0.717) is 44.4 Å². The zero-order valence-electron chi connectivity index (χ0n) is 17.8. The quantitative estimate of drug-likeness (QED) is 0.428. The summed E-state index contributed by atoms with van der Waals surface area (Å²) in [6.45, 7) is 0. The van der Waals surface area contributed by atoms with Crippen LogP contribution in [0.5, 0.6) is 11.5 Å². The fourth-order valence-corrected chi connectivity index (χ4v) is 4.89. The number of anilines is 1. The van der Waals surface area contributed by atoms with Crippen LogP contribution >= 0.6 is 23.4 Å². The van der Waals surface area contributed by atoms with E-state index in [-0.39, 0.29) is 17.9 Å². The van der Waals surface area contributed by atoms with E-state index in [1.807, 2.05) is 36.4 Å². The minimum absolute atomic E-state index is 0.116. The van der Waals surface area contributed by atoms with Crippen molar-refractivity contribution in [2.24, 2.45) is 7.05 Å².